The van der Waals surface area contributed by atoms with Gasteiger partial charge in [-0.2, -0.15) is 0 Å². The normalized spacial score (nSPS) is 10.9. The molecule has 0 saturated heterocycles. The number of nitrogens with one attached hydrogen (secondary N) is 2. The van der Waals surface area contributed by atoms with Gasteiger partial charge in [-0.05, 0) is 42.8 Å². The van der Waals surface area contributed by atoms with E-state index in [2.05, 4.69) is 15.4 Å². The van der Waals surface area contributed by atoms with Gasteiger partial charge in [0.1, 0.15) is 5.75 Å². The van der Waals surface area contributed by atoms with Crippen LogP contribution in [0.1, 0.15) is 22.3 Å². The third-order valence-corrected chi connectivity index (χ3v) is 4.19. The zero-order valence-electron chi connectivity index (χ0n) is 17.0. The van der Waals surface area contributed by atoms with Crippen LogP contribution in [0.5, 0.6) is 5.75 Å². The van der Waals surface area contributed by atoms with Crippen LogP contribution in [0.3, 0.4) is 0 Å². The lowest BCUT2D eigenvalue weighted by molar-refractivity contribution is -0.274. The Morgan fingerprint density at radius 3 is 2.29 bits per heavy atom. The molecule has 0 bridgehead atoms. The number of alkyl halides is 3. The summed E-state index contributed by atoms with van der Waals surface area (Å²) in [6.45, 7) is 1.66. The zero-order chi connectivity index (χ0) is 23.0. The minimum atomic E-state index is -4.80. The van der Waals surface area contributed by atoms with Gasteiger partial charge in [-0.15, -0.1) is 13.2 Å². The Balaban J connectivity index is 1.76. The molecule has 2 aromatic carbocycles. The maximum absolute atomic E-state index is 12.2. The zero-order valence-corrected chi connectivity index (χ0v) is 17.0. The monoisotopic (exact) mass is 437 g/mol. The van der Waals surface area contributed by atoms with Gasteiger partial charge in [0.25, 0.3) is 5.91 Å². The maximum atomic E-state index is 12.2. The molecule has 0 saturated carbocycles. The van der Waals surface area contributed by atoms with Gasteiger partial charge in [0, 0.05) is 31.3 Å². The van der Waals surface area contributed by atoms with Gasteiger partial charge in [-0.25, -0.2) is 0 Å². The van der Waals surface area contributed by atoms with Crippen LogP contribution in [0.25, 0.3) is 0 Å². The number of nitrogens with zero attached hydrogens (tertiary/aromatic N) is 1. The molecule has 2 aromatic rings. The Morgan fingerprint density at radius 2 is 1.68 bits per heavy atom. The summed E-state index contributed by atoms with van der Waals surface area (Å²) in [6.07, 6.45) is -4.79. The van der Waals surface area contributed by atoms with Gasteiger partial charge in [0.15, 0.2) is 0 Å². The Labute approximate surface area is 177 Å². The molecule has 0 unspecified atom stereocenters. The van der Waals surface area contributed by atoms with E-state index in [1.165, 1.54) is 24.1 Å². The molecule has 3 amide bonds. The molecule has 0 heterocycles. The number of hydrogen-bond acceptors (Lipinski definition) is 4. The van der Waals surface area contributed by atoms with Crippen molar-refractivity contribution in [3.63, 3.8) is 0 Å². The quantitative estimate of drug-likeness (QED) is 0.664. The third kappa shape index (κ3) is 8.00. The van der Waals surface area contributed by atoms with Gasteiger partial charge in [0.05, 0.1) is 6.54 Å². The van der Waals surface area contributed by atoms with Gasteiger partial charge in [-0.1, -0.05) is 18.2 Å². The third-order valence-electron chi connectivity index (χ3n) is 4.19. The molecular formula is C21H22F3N3O4. The Bertz CT molecular complexity index is 930. The number of carbonyl (C=O) groups is 3. The van der Waals surface area contributed by atoms with E-state index < -0.39 is 18.0 Å². The molecule has 31 heavy (non-hydrogen) atoms. The van der Waals surface area contributed by atoms with Crippen molar-refractivity contribution in [2.75, 3.05) is 25.5 Å². The molecule has 2 N–H and O–H groups in total. The van der Waals surface area contributed by atoms with Crippen molar-refractivity contribution in [2.24, 2.45) is 0 Å². The van der Waals surface area contributed by atoms with Crippen molar-refractivity contribution in [1.29, 1.82) is 0 Å². The summed E-state index contributed by atoms with van der Waals surface area (Å²) in [5.74, 6) is -1.58. The van der Waals surface area contributed by atoms with Gasteiger partial charge in [0.2, 0.25) is 11.8 Å². The van der Waals surface area contributed by atoms with E-state index in [-0.39, 0.29) is 37.0 Å². The first-order chi connectivity index (χ1) is 14.5. The maximum Gasteiger partial charge on any atom is 0.573 e. The molecule has 0 fully saturated rings. The van der Waals surface area contributed by atoms with Gasteiger partial charge < -0.3 is 20.3 Å². The van der Waals surface area contributed by atoms with E-state index in [4.69, 9.17) is 0 Å². The fraction of sp³-hybridized carbons (Fsp3) is 0.286. The first kappa shape index (κ1) is 23.7. The topological polar surface area (TPSA) is 87.7 Å². The lowest BCUT2D eigenvalue weighted by atomic mass is 10.1. The second kappa shape index (κ2) is 10.5. The van der Waals surface area contributed by atoms with Crippen LogP contribution < -0.4 is 15.4 Å². The summed E-state index contributed by atoms with van der Waals surface area (Å²) in [5.41, 5.74) is 1.60. The molecule has 0 spiro atoms. The van der Waals surface area contributed by atoms with Crippen molar-refractivity contribution in [3.8, 4) is 5.75 Å². The highest BCUT2D eigenvalue weighted by Gasteiger charge is 2.31. The van der Waals surface area contributed by atoms with E-state index >= 15 is 0 Å². The highest BCUT2D eigenvalue weighted by atomic mass is 19.4. The fourth-order valence-corrected chi connectivity index (χ4v) is 2.64. The molecule has 0 aliphatic carbocycles. The van der Waals surface area contributed by atoms with Crippen LogP contribution in [-0.2, 0) is 9.59 Å². The number of amides is 3. The number of carbonyl (C=O) groups excluding carboxylic acids is 3. The summed E-state index contributed by atoms with van der Waals surface area (Å²) in [6, 6.07) is 11.7. The van der Waals surface area contributed by atoms with Gasteiger partial charge >= 0.3 is 6.36 Å². The number of anilines is 1. The number of halogens is 3. The standard InChI is InChI=1S/C21H22F3N3O4/c1-14-5-3-4-6-17(14)20(30)25-12-11-19(29)27(2)13-18(28)26-15-7-9-16(10-8-15)31-21(22,23)24/h3-10H,11-13H2,1-2H3,(H,25,30)(H,26,28). The minimum Gasteiger partial charge on any atom is -0.406 e. The summed E-state index contributed by atoms with van der Waals surface area (Å²) in [5, 5.41) is 5.14. The van der Waals surface area contributed by atoms with Crippen LogP contribution in [0, 0.1) is 6.92 Å². The molecular weight excluding hydrogens is 415 g/mol. The number of hydrogen-bond donors (Lipinski definition) is 2. The van der Waals surface area contributed by atoms with Crippen LogP contribution in [0.4, 0.5) is 18.9 Å². The molecule has 0 aromatic heterocycles. The van der Waals surface area contributed by atoms with Crippen LogP contribution in [-0.4, -0.2) is 49.1 Å². The summed E-state index contributed by atoms with van der Waals surface area (Å²) >= 11 is 0. The number of benzene rings is 2. The molecule has 0 aliphatic heterocycles. The fourth-order valence-electron chi connectivity index (χ4n) is 2.64. The largest absolute Gasteiger partial charge is 0.573 e. The lowest BCUT2D eigenvalue weighted by Gasteiger charge is -2.17. The number of ether oxygens (including phenoxy) is 1. The Hall–Kier alpha value is -3.56. The Morgan fingerprint density at radius 1 is 1.03 bits per heavy atom. The molecule has 0 atom stereocenters. The second-order valence-corrected chi connectivity index (χ2v) is 6.69. The average Bonchev–Trinajstić information content (AvgIpc) is 2.68. The van der Waals surface area contributed by atoms with Crippen molar-refractivity contribution in [2.45, 2.75) is 19.7 Å². The van der Waals surface area contributed by atoms with E-state index in [1.54, 1.807) is 12.1 Å². The minimum absolute atomic E-state index is 0.00484. The molecule has 2 rings (SSSR count). The summed E-state index contributed by atoms with van der Waals surface area (Å²) in [4.78, 5) is 37.5. The van der Waals surface area contributed by atoms with Crippen molar-refractivity contribution < 1.29 is 32.3 Å². The summed E-state index contributed by atoms with van der Waals surface area (Å²) in [7, 11) is 1.44. The smallest absolute Gasteiger partial charge is 0.406 e. The molecule has 166 valence electrons. The van der Waals surface area contributed by atoms with E-state index in [9.17, 15) is 27.6 Å². The van der Waals surface area contributed by atoms with Crippen LogP contribution in [0.2, 0.25) is 0 Å². The van der Waals surface area contributed by atoms with Crippen LogP contribution in [0.15, 0.2) is 48.5 Å². The number of likely N-dealkylation sites (N-methyl/N-ethyl adjacent to an activating group) is 1. The lowest BCUT2D eigenvalue weighted by Crippen LogP contribution is -2.37. The second-order valence-electron chi connectivity index (χ2n) is 6.69. The van der Waals surface area contributed by atoms with E-state index in [0.717, 1.165) is 17.7 Å². The number of rotatable bonds is 8. The Kier molecular flexibility index (Phi) is 8.00. The predicted octanol–water partition coefficient (Wildman–Crippen LogP) is 3.11. The molecule has 7 nitrogen and oxygen atoms in total. The average molecular weight is 437 g/mol. The first-order valence-corrected chi connectivity index (χ1v) is 9.28. The number of aryl methyl sites for hydroxylation is 1. The highest BCUT2D eigenvalue weighted by Crippen LogP contribution is 2.23. The van der Waals surface area contributed by atoms with E-state index in [0.29, 0.717) is 5.56 Å². The highest BCUT2D eigenvalue weighted by molar-refractivity contribution is 5.96. The van der Waals surface area contributed by atoms with Crippen molar-refractivity contribution in [3.05, 3.63) is 59.7 Å². The van der Waals surface area contributed by atoms with Crippen molar-refractivity contribution >= 4 is 23.4 Å². The van der Waals surface area contributed by atoms with Gasteiger partial charge in [-0.3, -0.25) is 14.4 Å². The molecule has 0 aliphatic rings. The van der Waals surface area contributed by atoms with E-state index in [1.807, 2.05) is 19.1 Å². The van der Waals surface area contributed by atoms with Crippen molar-refractivity contribution in [1.82, 2.24) is 10.2 Å². The predicted molar refractivity (Wildman–Crippen MR) is 108 cm³/mol. The molecule has 10 heteroatoms. The summed E-state index contributed by atoms with van der Waals surface area (Å²) < 4.78 is 40.2. The SMILES string of the molecule is Cc1ccccc1C(=O)NCCC(=O)N(C)CC(=O)Nc1ccc(OC(F)(F)F)cc1. The van der Waals surface area contributed by atoms with Crippen LogP contribution >= 0.6 is 0 Å². The molecule has 0 radical (unpaired) electrons. The first-order valence-electron chi connectivity index (χ1n) is 9.28.